The van der Waals surface area contributed by atoms with Gasteiger partial charge < -0.3 is 14.1 Å². The standard InChI is InChI=1S/C25H24N4O3S/c30-24(28-12-15-31-16-13-28)21-10-5-4-9-20(21)18-33-25-27-26-23(22-11-6-14-32-22)29(25)17-19-7-2-1-3-8-19/h1-11,14H,12-13,15-18H2. The summed E-state index contributed by atoms with van der Waals surface area (Å²) in [7, 11) is 0. The van der Waals surface area contributed by atoms with E-state index in [0.29, 0.717) is 50.2 Å². The molecule has 8 heteroatoms. The lowest BCUT2D eigenvalue weighted by molar-refractivity contribution is 0.0302. The topological polar surface area (TPSA) is 73.4 Å². The van der Waals surface area contributed by atoms with Crippen LogP contribution >= 0.6 is 11.8 Å². The highest BCUT2D eigenvalue weighted by atomic mass is 32.2. The molecule has 2 aromatic heterocycles. The monoisotopic (exact) mass is 460 g/mol. The molecule has 0 atom stereocenters. The highest BCUT2D eigenvalue weighted by molar-refractivity contribution is 7.98. The van der Waals surface area contributed by atoms with Crippen LogP contribution in [0.25, 0.3) is 11.6 Å². The summed E-state index contributed by atoms with van der Waals surface area (Å²) in [4.78, 5) is 15.0. The van der Waals surface area contributed by atoms with Gasteiger partial charge in [-0.15, -0.1) is 10.2 Å². The summed E-state index contributed by atoms with van der Waals surface area (Å²) >= 11 is 1.57. The Morgan fingerprint density at radius 2 is 1.73 bits per heavy atom. The van der Waals surface area contributed by atoms with Crippen LogP contribution in [-0.4, -0.2) is 51.9 Å². The second-order valence-electron chi connectivity index (χ2n) is 7.71. The molecule has 1 fully saturated rings. The van der Waals surface area contributed by atoms with E-state index in [1.54, 1.807) is 18.0 Å². The molecular formula is C25H24N4O3S. The van der Waals surface area contributed by atoms with E-state index in [2.05, 4.69) is 26.9 Å². The van der Waals surface area contributed by atoms with Crippen molar-refractivity contribution in [1.29, 1.82) is 0 Å². The van der Waals surface area contributed by atoms with Crippen LogP contribution in [0.4, 0.5) is 0 Å². The van der Waals surface area contributed by atoms with Gasteiger partial charge in [0.05, 0.1) is 26.0 Å². The van der Waals surface area contributed by atoms with Crippen LogP contribution < -0.4 is 0 Å². The Labute approximate surface area is 196 Å². The zero-order valence-corrected chi connectivity index (χ0v) is 18.9. The first-order valence-corrected chi connectivity index (χ1v) is 11.9. The minimum absolute atomic E-state index is 0.0523. The smallest absolute Gasteiger partial charge is 0.254 e. The number of hydrogen-bond donors (Lipinski definition) is 0. The Morgan fingerprint density at radius 1 is 0.939 bits per heavy atom. The molecule has 0 saturated carbocycles. The van der Waals surface area contributed by atoms with E-state index in [-0.39, 0.29) is 5.91 Å². The molecule has 2 aromatic carbocycles. The van der Waals surface area contributed by atoms with E-state index in [1.807, 2.05) is 59.5 Å². The lowest BCUT2D eigenvalue weighted by atomic mass is 10.1. The molecule has 0 N–H and O–H groups in total. The van der Waals surface area contributed by atoms with Crippen molar-refractivity contribution in [2.75, 3.05) is 26.3 Å². The number of furan rings is 1. The largest absolute Gasteiger partial charge is 0.461 e. The molecule has 5 rings (SSSR count). The van der Waals surface area contributed by atoms with E-state index >= 15 is 0 Å². The van der Waals surface area contributed by atoms with Gasteiger partial charge in [-0.05, 0) is 29.3 Å². The maximum absolute atomic E-state index is 13.1. The Kier molecular flexibility index (Phi) is 6.55. The fraction of sp³-hybridized carbons (Fsp3) is 0.240. The van der Waals surface area contributed by atoms with Gasteiger partial charge in [-0.25, -0.2) is 0 Å². The van der Waals surface area contributed by atoms with Crippen LogP contribution in [0.5, 0.6) is 0 Å². The molecule has 1 amide bonds. The fourth-order valence-electron chi connectivity index (χ4n) is 3.83. The number of hydrogen-bond acceptors (Lipinski definition) is 6. The summed E-state index contributed by atoms with van der Waals surface area (Å²) in [5.41, 5.74) is 2.86. The van der Waals surface area contributed by atoms with Gasteiger partial charge in [0.2, 0.25) is 5.82 Å². The Balaban J connectivity index is 1.40. The summed E-state index contributed by atoms with van der Waals surface area (Å²) in [6.45, 7) is 3.04. The molecule has 3 heterocycles. The molecular weight excluding hydrogens is 436 g/mol. The van der Waals surface area contributed by atoms with E-state index in [4.69, 9.17) is 9.15 Å². The molecule has 1 saturated heterocycles. The maximum atomic E-state index is 13.1. The zero-order chi connectivity index (χ0) is 22.5. The number of amides is 1. The lowest BCUT2D eigenvalue weighted by Crippen LogP contribution is -2.41. The number of benzene rings is 2. The molecule has 1 aliphatic heterocycles. The third-order valence-electron chi connectivity index (χ3n) is 5.54. The third-order valence-corrected chi connectivity index (χ3v) is 6.56. The van der Waals surface area contributed by atoms with Crippen molar-refractivity contribution in [3.05, 3.63) is 89.7 Å². The second kappa shape index (κ2) is 10.1. The van der Waals surface area contributed by atoms with Crippen molar-refractivity contribution in [3.63, 3.8) is 0 Å². The summed E-state index contributed by atoms with van der Waals surface area (Å²) in [5.74, 6) is 2.02. The molecule has 1 aliphatic rings. The number of carbonyl (C=O) groups is 1. The van der Waals surface area contributed by atoms with Crippen LogP contribution in [0, 0.1) is 0 Å². The minimum atomic E-state index is 0.0523. The van der Waals surface area contributed by atoms with Gasteiger partial charge in [0.1, 0.15) is 0 Å². The minimum Gasteiger partial charge on any atom is -0.461 e. The molecule has 168 valence electrons. The van der Waals surface area contributed by atoms with Gasteiger partial charge in [0, 0.05) is 24.4 Å². The SMILES string of the molecule is O=C(c1ccccc1CSc1nnc(-c2ccco2)n1Cc1ccccc1)N1CCOCC1. The maximum Gasteiger partial charge on any atom is 0.254 e. The van der Waals surface area contributed by atoms with E-state index < -0.39 is 0 Å². The van der Waals surface area contributed by atoms with Crippen molar-refractivity contribution in [2.45, 2.75) is 17.5 Å². The Hall–Kier alpha value is -3.36. The average molecular weight is 461 g/mol. The zero-order valence-electron chi connectivity index (χ0n) is 18.1. The Morgan fingerprint density at radius 3 is 2.52 bits per heavy atom. The molecule has 7 nitrogen and oxygen atoms in total. The van der Waals surface area contributed by atoms with Gasteiger partial charge in [-0.3, -0.25) is 9.36 Å². The predicted octanol–water partition coefficient (Wildman–Crippen LogP) is 4.35. The van der Waals surface area contributed by atoms with Crippen molar-refractivity contribution in [2.24, 2.45) is 0 Å². The molecule has 4 aromatic rings. The van der Waals surface area contributed by atoms with Gasteiger partial charge in [0.15, 0.2) is 10.9 Å². The third kappa shape index (κ3) is 4.86. The van der Waals surface area contributed by atoms with Gasteiger partial charge >= 0.3 is 0 Å². The Bertz CT molecular complexity index is 1200. The second-order valence-corrected chi connectivity index (χ2v) is 8.65. The molecule has 33 heavy (non-hydrogen) atoms. The van der Waals surface area contributed by atoms with E-state index in [0.717, 1.165) is 21.8 Å². The van der Waals surface area contributed by atoms with Crippen LogP contribution in [0.3, 0.4) is 0 Å². The number of ether oxygens (including phenoxy) is 1. The molecule has 0 aliphatic carbocycles. The number of rotatable bonds is 7. The van der Waals surface area contributed by atoms with Crippen molar-refractivity contribution in [1.82, 2.24) is 19.7 Å². The summed E-state index contributed by atoms with van der Waals surface area (Å²) in [6, 6.07) is 21.7. The van der Waals surface area contributed by atoms with Crippen LogP contribution in [0.2, 0.25) is 0 Å². The number of nitrogens with zero attached hydrogens (tertiary/aromatic N) is 4. The number of morpholine rings is 1. The lowest BCUT2D eigenvalue weighted by Gasteiger charge is -2.27. The van der Waals surface area contributed by atoms with Crippen molar-refractivity contribution in [3.8, 4) is 11.6 Å². The van der Waals surface area contributed by atoms with Gasteiger partial charge in [0.25, 0.3) is 5.91 Å². The first-order valence-electron chi connectivity index (χ1n) is 10.9. The van der Waals surface area contributed by atoms with Crippen molar-refractivity contribution >= 4 is 17.7 Å². The predicted molar refractivity (Wildman–Crippen MR) is 126 cm³/mol. The first-order chi connectivity index (χ1) is 16.3. The molecule has 0 radical (unpaired) electrons. The number of aromatic nitrogens is 3. The molecule has 0 bridgehead atoms. The quantitative estimate of drug-likeness (QED) is 0.382. The molecule has 0 spiro atoms. The van der Waals surface area contributed by atoms with E-state index in [9.17, 15) is 4.79 Å². The summed E-state index contributed by atoms with van der Waals surface area (Å²) in [6.07, 6.45) is 1.64. The summed E-state index contributed by atoms with van der Waals surface area (Å²) < 4.78 is 13.1. The van der Waals surface area contributed by atoms with E-state index in [1.165, 1.54) is 0 Å². The van der Waals surface area contributed by atoms with Gasteiger partial charge in [-0.1, -0.05) is 60.3 Å². The highest BCUT2D eigenvalue weighted by Crippen LogP contribution is 2.29. The van der Waals surface area contributed by atoms with Crippen LogP contribution in [0.15, 0.2) is 82.6 Å². The first kappa shape index (κ1) is 21.5. The highest BCUT2D eigenvalue weighted by Gasteiger charge is 2.22. The normalized spacial score (nSPS) is 13.9. The van der Waals surface area contributed by atoms with Crippen LogP contribution in [0.1, 0.15) is 21.5 Å². The average Bonchev–Trinajstić information content (AvgIpc) is 3.54. The summed E-state index contributed by atoms with van der Waals surface area (Å²) in [5, 5.41) is 9.64. The number of carbonyl (C=O) groups excluding carboxylic acids is 1. The van der Waals surface area contributed by atoms with Crippen LogP contribution in [-0.2, 0) is 17.0 Å². The fourth-order valence-corrected chi connectivity index (χ4v) is 4.77. The van der Waals surface area contributed by atoms with Gasteiger partial charge in [-0.2, -0.15) is 0 Å². The van der Waals surface area contributed by atoms with Crippen molar-refractivity contribution < 1.29 is 13.9 Å². The number of thioether (sulfide) groups is 1. The molecule has 0 unspecified atom stereocenters.